The first kappa shape index (κ1) is 14.5. The van der Waals surface area contributed by atoms with Crippen molar-refractivity contribution in [3.63, 3.8) is 0 Å². The summed E-state index contributed by atoms with van der Waals surface area (Å²) in [5.41, 5.74) is 2.05. The molecule has 0 bridgehead atoms. The summed E-state index contributed by atoms with van der Waals surface area (Å²) < 4.78 is 0. The highest BCUT2D eigenvalue weighted by molar-refractivity contribution is 5.21. The lowest BCUT2D eigenvalue weighted by Crippen LogP contribution is -2.21. The number of hydrogen-bond donors (Lipinski definition) is 0. The van der Waals surface area contributed by atoms with Crippen LogP contribution in [0.1, 0.15) is 72.6 Å². The van der Waals surface area contributed by atoms with Crippen LogP contribution in [0.4, 0.5) is 0 Å². The lowest BCUT2D eigenvalue weighted by atomic mass is 9.73. The Labute approximate surface area is 108 Å². The van der Waals surface area contributed by atoms with E-state index in [1.165, 1.54) is 44.9 Å². The third kappa shape index (κ3) is 5.57. The monoisotopic (exact) mass is 234 g/mol. The molecule has 0 aromatic heterocycles. The van der Waals surface area contributed by atoms with Crippen LogP contribution in [-0.4, -0.2) is 0 Å². The summed E-state index contributed by atoms with van der Waals surface area (Å²) in [6.45, 7) is 9.38. The van der Waals surface area contributed by atoms with E-state index in [-0.39, 0.29) is 0 Å². The molecule has 0 saturated heterocycles. The summed E-state index contributed by atoms with van der Waals surface area (Å²) in [4.78, 5) is 0. The van der Waals surface area contributed by atoms with Gasteiger partial charge in [-0.3, -0.25) is 0 Å². The normalized spacial score (nSPS) is 21.9. The number of allylic oxidation sites excluding steroid dienone is 4. The third-order valence-corrected chi connectivity index (χ3v) is 3.98. The number of rotatable bonds is 5. The molecule has 0 aromatic carbocycles. The van der Waals surface area contributed by atoms with Crippen molar-refractivity contribution in [1.82, 2.24) is 0 Å². The molecule has 0 heterocycles. The average molecular weight is 234 g/mol. The van der Waals surface area contributed by atoms with Crippen molar-refractivity contribution in [2.24, 2.45) is 11.3 Å². The zero-order valence-electron chi connectivity index (χ0n) is 12.3. The van der Waals surface area contributed by atoms with Gasteiger partial charge in [-0.1, -0.05) is 64.3 Å². The molecule has 0 fully saturated rings. The maximum atomic E-state index is 2.47. The van der Waals surface area contributed by atoms with E-state index in [0.29, 0.717) is 5.41 Å². The highest BCUT2D eigenvalue weighted by Crippen LogP contribution is 2.37. The van der Waals surface area contributed by atoms with E-state index in [1.54, 1.807) is 5.57 Å². The van der Waals surface area contributed by atoms with Crippen molar-refractivity contribution in [2.75, 3.05) is 0 Å². The fourth-order valence-electron chi connectivity index (χ4n) is 2.54. The molecule has 98 valence electrons. The van der Waals surface area contributed by atoms with Crippen LogP contribution >= 0.6 is 0 Å². The molecule has 0 amide bonds. The van der Waals surface area contributed by atoms with E-state index in [9.17, 15) is 0 Å². The Hall–Kier alpha value is -0.520. The van der Waals surface area contributed by atoms with Crippen LogP contribution in [0.5, 0.6) is 0 Å². The van der Waals surface area contributed by atoms with Crippen LogP contribution in [0, 0.1) is 11.3 Å². The Morgan fingerprint density at radius 3 is 2.59 bits per heavy atom. The average Bonchev–Trinajstić information content (AvgIpc) is 2.28. The molecular formula is C17H30. The van der Waals surface area contributed by atoms with Gasteiger partial charge in [-0.2, -0.15) is 0 Å². The molecule has 1 aliphatic rings. The van der Waals surface area contributed by atoms with Crippen LogP contribution in [0.25, 0.3) is 0 Å². The molecule has 0 radical (unpaired) electrons. The van der Waals surface area contributed by atoms with Gasteiger partial charge in [-0.05, 0) is 43.4 Å². The van der Waals surface area contributed by atoms with Gasteiger partial charge in [-0.15, -0.1) is 0 Å². The van der Waals surface area contributed by atoms with E-state index < -0.39 is 0 Å². The maximum absolute atomic E-state index is 2.47. The predicted octanol–water partition coefficient (Wildman–Crippen LogP) is 5.90. The van der Waals surface area contributed by atoms with E-state index in [2.05, 4.69) is 45.9 Å². The predicted molar refractivity (Wildman–Crippen MR) is 78.2 cm³/mol. The van der Waals surface area contributed by atoms with E-state index >= 15 is 0 Å². The van der Waals surface area contributed by atoms with E-state index in [1.807, 2.05) is 0 Å². The van der Waals surface area contributed by atoms with Crippen molar-refractivity contribution >= 4 is 0 Å². The lowest BCUT2D eigenvalue weighted by Gasteiger charge is -2.32. The minimum absolute atomic E-state index is 0.479. The van der Waals surface area contributed by atoms with Crippen LogP contribution in [-0.2, 0) is 0 Å². The van der Waals surface area contributed by atoms with Crippen LogP contribution < -0.4 is 0 Å². The van der Waals surface area contributed by atoms with Crippen LogP contribution in [0.15, 0.2) is 23.8 Å². The van der Waals surface area contributed by atoms with Gasteiger partial charge in [-0.25, -0.2) is 0 Å². The fourth-order valence-corrected chi connectivity index (χ4v) is 2.54. The second-order valence-corrected chi connectivity index (χ2v) is 6.51. The molecule has 0 N–H and O–H groups in total. The van der Waals surface area contributed by atoms with Gasteiger partial charge in [0.2, 0.25) is 0 Å². The molecule has 0 saturated carbocycles. The second kappa shape index (κ2) is 7.03. The van der Waals surface area contributed by atoms with Gasteiger partial charge >= 0.3 is 0 Å². The number of unbranched alkanes of at least 4 members (excludes halogenated alkanes) is 3. The summed E-state index contributed by atoms with van der Waals surface area (Å²) in [6, 6.07) is 0. The molecule has 0 heteroatoms. The Morgan fingerprint density at radius 2 is 2.06 bits per heavy atom. The molecule has 0 aliphatic heterocycles. The zero-order valence-corrected chi connectivity index (χ0v) is 12.3. The van der Waals surface area contributed by atoms with E-state index in [0.717, 1.165) is 5.92 Å². The van der Waals surface area contributed by atoms with Crippen molar-refractivity contribution in [1.29, 1.82) is 0 Å². The molecule has 1 atom stereocenters. The lowest BCUT2D eigenvalue weighted by molar-refractivity contribution is 0.221. The Morgan fingerprint density at radius 1 is 1.29 bits per heavy atom. The smallest absolute Gasteiger partial charge is 0.0279 e. The first-order valence-corrected chi connectivity index (χ1v) is 7.39. The molecule has 0 spiro atoms. The topological polar surface area (TPSA) is 0 Å². The summed E-state index contributed by atoms with van der Waals surface area (Å²) in [7, 11) is 0. The Bertz CT molecular complexity index is 262. The van der Waals surface area contributed by atoms with Gasteiger partial charge in [0.05, 0.1) is 0 Å². The first-order chi connectivity index (χ1) is 8.04. The number of hydrogen-bond acceptors (Lipinski definition) is 0. The quantitative estimate of drug-likeness (QED) is 0.520. The Balaban J connectivity index is 2.31. The van der Waals surface area contributed by atoms with Crippen molar-refractivity contribution in [2.45, 2.75) is 72.6 Å². The molecule has 0 aromatic rings. The largest absolute Gasteiger partial charge is 0.0843 e. The maximum Gasteiger partial charge on any atom is -0.0279 e. The highest BCUT2D eigenvalue weighted by Gasteiger charge is 2.25. The van der Waals surface area contributed by atoms with Crippen LogP contribution in [0.2, 0.25) is 0 Å². The Kier molecular flexibility index (Phi) is 6.02. The van der Waals surface area contributed by atoms with Crippen molar-refractivity contribution in [3.05, 3.63) is 23.8 Å². The SMILES string of the molecule is CCCCC/C=C/C1=CCC(C(C)(C)C)CC1. The molecule has 1 aliphatic carbocycles. The van der Waals surface area contributed by atoms with E-state index in [4.69, 9.17) is 0 Å². The molecule has 17 heavy (non-hydrogen) atoms. The molecule has 0 nitrogen and oxygen atoms in total. The van der Waals surface area contributed by atoms with Gasteiger partial charge in [0.25, 0.3) is 0 Å². The minimum Gasteiger partial charge on any atom is -0.0843 e. The van der Waals surface area contributed by atoms with Gasteiger partial charge in [0.15, 0.2) is 0 Å². The summed E-state index contributed by atoms with van der Waals surface area (Å²) in [5, 5.41) is 0. The van der Waals surface area contributed by atoms with Crippen molar-refractivity contribution < 1.29 is 0 Å². The highest BCUT2D eigenvalue weighted by atomic mass is 14.3. The molecular weight excluding hydrogens is 204 g/mol. The third-order valence-electron chi connectivity index (χ3n) is 3.98. The standard InChI is InChI=1S/C17H30/c1-5-6-7-8-9-10-15-11-13-16(14-12-15)17(2,3)4/h9-11,16H,5-8,12-14H2,1-4H3/b10-9+. The molecule has 1 rings (SSSR count). The van der Waals surface area contributed by atoms with Crippen LogP contribution in [0.3, 0.4) is 0 Å². The minimum atomic E-state index is 0.479. The van der Waals surface area contributed by atoms with Gasteiger partial charge in [0, 0.05) is 0 Å². The van der Waals surface area contributed by atoms with Crippen molar-refractivity contribution in [3.8, 4) is 0 Å². The first-order valence-electron chi connectivity index (χ1n) is 7.39. The zero-order chi connectivity index (χ0) is 12.7. The molecule has 1 unspecified atom stereocenters. The fraction of sp³-hybridized carbons (Fsp3) is 0.765. The van der Waals surface area contributed by atoms with Gasteiger partial charge < -0.3 is 0 Å². The summed E-state index contributed by atoms with van der Waals surface area (Å²) >= 11 is 0. The summed E-state index contributed by atoms with van der Waals surface area (Å²) in [6.07, 6.45) is 16.4. The summed E-state index contributed by atoms with van der Waals surface area (Å²) in [5.74, 6) is 0.875. The van der Waals surface area contributed by atoms with Gasteiger partial charge in [0.1, 0.15) is 0 Å². The second-order valence-electron chi connectivity index (χ2n) is 6.51.